The molecule has 184 valence electrons. The second kappa shape index (κ2) is 10.7. The van der Waals surface area contributed by atoms with E-state index in [4.69, 9.17) is 11.6 Å². The first-order valence-corrected chi connectivity index (χ1v) is 12.2. The molecular weight excluding hydrogens is 486 g/mol. The summed E-state index contributed by atoms with van der Waals surface area (Å²) < 4.78 is 2.30. The van der Waals surface area contributed by atoms with E-state index in [0.29, 0.717) is 34.0 Å². The molecular formula is C29H24ClN5O2. The van der Waals surface area contributed by atoms with E-state index in [1.165, 1.54) is 17.2 Å². The summed E-state index contributed by atoms with van der Waals surface area (Å²) in [5, 5.41) is 25.3. The molecule has 2 aromatic heterocycles. The number of pyridine rings is 1. The van der Waals surface area contributed by atoms with Crippen LogP contribution >= 0.6 is 11.6 Å². The van der Waals surface area contributed by atoms with Crippen LogP contribution in [-0.4, -0.2) is 26.0 Å². The molecule has 0 fully saturated rings. The Kier molecular flexibility index (Phi) is 7.05. The Bertz CT molecular complexity index is 1520. The number of Topliss-reactive ketones (excluding diaryl/α,β-unsaturated/α-hetero) is 1. The van der Waals surface area contributed by atoms with Crippen molar-refractivity contribution in [2.75, 3.05) is 0 Å². The number of aromatic nitrogens is 5. The van der Waals surface area contributed by atoms with Crippen LogP contribution in [0.1, 0.15) is 28.3 Å². The van der Waals surface area contributed by atoms with E-state index in [9.17, 15) is 10.0 Å². The number of carbonyl (C=O) groups is 1. The average Bonchev–Trinajstić information content (AvgIpc) is 3.44. The molecule has 0 bridgehead atoms. The Morgan fingerprint density at radius 3 is 2.49 bits per heavy atom. The summed E-state index contributed by atoms with van der Waals surface area (Å²) in [5.41, 5.74) is 5.45. The first-order valence-electron chi connectivity index (χ1n) is 11.9. The van der Waals surface area contributed by atoms with Crippen molar-refractivity contribution in [2.24, 2.45) is 0 Å². The predicted molar refractivity (Wildman–Crippen MR) is 141 cm³/mol. The number of rotatable bonds is 8. The topological polar surface area (TPSA) is 87.6 Å². The fourth-order valence-corrected chi connectivity index (χ4v) is 4.57. The Morgan fingerprint density at radius 2 is 1.78 bits per heavy atom. The second-order valence-corrected chi connectivity index (χ2v) is 9.39. The maximum atomic E-state index is 13.6. The summed E-state index contributed by atoms with van der Waals surface area (Å²) >= 11 is 6.28. The van der Waals surface area contributed by atoms with Crippen molar-refractivity contribution in [1.29, 1.82) is 0 Å². The molecule has 0 aliphatic heterocycles. The fraction of sp³-hybridized carbons (Fsp3) is 0.138. The van der Waals surface area contributed by atoms with Gasteiger partial charge in [-0.2, -0.15) is 9.41 Å². The number of carbonyl (C=O) groups excluding carboxylic acids is 1. The van der Waals surface area contributed by atoms with Crippen LogP contribution in [-0.2, 0) is 17.6 Å². The van der Waals surface area contributed by atoms with Gasteiger partial charge in [0.05, 0.1) is 5.69 Å². The van der Waals surface area contributed by atoms with Crippen LogP contribution in [0.4, 0.5) is 0 Å². The Labute approximate surface area is 219 Å². The number of hydrogen-bond acceptors (Lipinski definition) is 5. The van der Waals surface area contributed by atoms with Gasteiger partial charge in [-0.05, 0) is 59.2 Å². The molecule has 2 heterocycles. The number of tetrazole rings is 1. The van der Waals surface area contributed by atoms with E-state index in [1.54, 1.807) is 24.3 Å². The van der Waals surface area contributed by atoms with Gasteiger partial charge in [-0.1, -0.05) is 71.8 Å². The van der Waals surface area contributed by atoms with Gasteiger partial charge in [0, 0.05) is 28.6 Å². The Morgan fingerprint density at radius 1 is 1.00 bits per heavy atom. The Hall–Kier alpha value is -4.36. The molecule has 0 saturated heterocycles. The van der Waals surface area contributed by atoms with E-state index in [1.807, 2.05) is 67.6 Å². The van der Waals surface area contributed by atoms with Gasteiger partial charge < -0.3 is 5.21 Å². The fourth-order valence-electron chi connectivity index (χ4n) is 4.40. The molecule has 1 unspecified atom stereocenters. The Balaban J connectivity index is 1.52. The van der Waals surface area contributed by atoms with Gasteiger partial charge in [-0.25, -0.2) is 0 Å². The molecule has 0 saturated carbocycles. The molecule has 37 heavy (non-hydrogen) atoms. The molecule has 7 nitrogen and oxygen atoms in total. The van der Waals surface area contributed by atoms with Gasteiger partial charge in [0.2, 0.25) is 5.69 Å². The summed E-state index contributed by atoms with van der Waals surface area (Å²) in [6.45, 7) is 2.01. The molecule has 1 atom stereocenters. The normalized spacial score (nSPS) is 11.8. The van der Waals surface area contributed by atoms with E-state index < -0.39 is 5.92 Å². The smallest absolute Gasteiger partial charge is 0.203 e. The van der Waals surface area contributed by atoms with Gasteiger partial charge >= 0.3 is 0 Å². The van der Waals surface area contributed by atoms with Crippen molar-refractivity contribution in [3.05, 3.63) is 130 Å². The third kappa shape index (κ3) is 5.57. The number of halogens is 1. The second-order valence-electron chi connectivity index (χ2n) is 8.96. The monoisotopic (exact) mass is 509 g/mol. The minimum absolute atomic E-state index is 0.0119. The molecule has 0 N–H and O–H groups in total. The summed E-state index contributed by atoms with van der Waals surface area (Å²) in [7, 11) is 0. The number of nitrogens with zero attached hydrogens (tertiary/aromatic N) is 5. The summed E-state index contributed by atoms with van der Waals surface area (Å²) in [5.74, 6) is -0.615. The lowest BCUT2D eigenvalue weighted by molar-refractivity contribution is -0.614. The van der Waals surface area contributed by atoms with Crippen LogP contribution in [0.5, 0.6) is 0 Å². The predicted octanol–water partition coefficient (Wildman–Crippen LogP) is 5.06. The van der Waals surface area contributed by atoms with Gasteiger partial charge in [-0.3, -0.25) is 4.79 Å². The quantitative estimate of drug-likeness (QED) is 0.215. The van der Waals surface area contributed by atoms with Crippen LogP contribution in [0.2, 0.25) is 5.02 Å². The molecule has 0 amide bonds. The van der Waals surface area contributed by atoms with Crippen molar-refractivity contribution >= 4 is 17.4 Å². The molecule has 0 spiro atoms. The molecule has 0 aliphatic rings. The van der Waals surface area contributed by atoms with E-state index in [2.05, 4.69) is 15.5 Å². The zero-order valence-electron chi connectivity index (χ0n) is 20.2. The van der Waals surface area contributed by atoms with Gasteiger partial charge in [0.25, 0.3) is 0 Å². The number of benzene rings is 3. The highest BCUT2D eigenvalue weighted by Crippen LogP contribution is 2.30. The highest BCUT2D eigenvalue weighted by atomic mass is 35.5. The molecule has 0 radical (unpaired) electrons. The van der Waals surface area contributed by atoms with Gasteiger partial charge in [-0.15, -0.1) is 5.10 Å². The van der Waals surface area contributed by atoms with Crippen molar-refractivity contribution in [3.8, 4) is 16.8 Å². The van der Waals surface area contributed by atoms with Crippen LogP contribution in [0.3, 0.4) is 0 Å². The molecule has 8 heteroatoms. The third-order valence-electron chi connectivity index (χ3n) is 6.34. The molecule has 5 rings (SSSR count). The average molecular weight is 510 g/mol. The lowest BCUT2D eigenvalue weighted by atomic mass is 9.88. The largest absolute Gasteiger partial charge is 0.618 e. The molecule has 5 aromatic rings. The van der Waals surface area contributed by atoms with E-state index >= 15 is 0 Å². The number of hydrogen-bond donors (Lipinski definition) is 0. The van der Waals surface area contributed by atoms with Crippen LogP contribution in [0.15, 0.2) is 97.5 Å². The molecule has 3 aromatic carbocycles. The van der Waals surface area contributed by atoms with Crippen LogP contribution in [0, 0.1) is 12.1 Å². The standard InChI is InChI=1S/C29H24ClN5O2/c1-20-7-9-22(10-8-20)16-29(36)26(15-21-5-3-2-4-6-21)28-13-11-23(18-35(28)37)25-17-24(30)12-14-27(25)34-19-31-32-33-34/h2-14,17-19,26H,15-16H2,1H3. The van der Waals surface area contributed by atoms with Crippen molar-refractivity contribution in [2.45, 2.75) is 25.7 Å². The molecule has 0 aliphatic carbocycles. The lowest BCUT2D eigenvalue weighted by Gasteiger charge is -2.17. The van der Waals surface area contributed by atoms with Crippen molar-refractivity contribution in [1.82, 2.24) is 20.2 Å². The number of ketones is 1. The third-order valence-corrected chi connectivity index (χ3v) is 6.57. The lowest BCUT2D eigenvalue weighted by Crippen LogP contribution is -2.36. The van der Waals surface area contributed by atoms with Crippen LogP contribution < -0.4 is 4.73 Å². The summed E-state index contributed by atoms with van der Waals surface area (Å²) in [6, 6.07) is 26.5. The first-order chi connectivity index (χ1) is 18.0. The SMILES string of the molecule is Cc1ccc(CC(=O)C(Cc2ccccc2)c2ccc(-c3cc(Cl)ccc3-n3cnnn3)c[n+]2[O-])cc1. The maximum Gasteiger partial charge on any atom is 0.203 e. The zero-order chi connectivity index (χ0) is 25.8. The summed E-state index contributed by atoms with van der Waals surface area (Å²) in [4.78, 5) is 13.6. The minimum atomic E-state index is -0.603. The summed E-state index contributed by atoms with van der Waals surface area (Å²) in [6.07, 6.45) is 3.63. The van der Waals surface area contributed by atoms with Crippen molar-refractivity contribution in [3.63, 3.8) is 0 Å². The minimum Gasteiger partial charge on any atom is -0.618 e. The van der Waals surface area contributed by atoms with E-state index in [-0.39, 0.29) is 12.2 Å². The van der Waals surface area contributed by atoms with E-state index in [0.717, 1.165) is 21.4 Å². The van der Waals surface area contributed by atoms with Crippen molar-refractivity contribution < 1.29 is 9.52 Å². The number of aryl methyl sites for hydroxylation is 1. The maximum absolute atomic E-state index is 13.6. The highest BCUT2D eigenvalue weighted by Gasteiger charge is 2.28. The van der Waals surface area contributed by atoms with Gasteiger partial charge in [0.15, 0.2) is 12.0 Å². The van der Waals surface area contributed by atoms with Crippen LogP contribution in [0.25, 0.3) is 16.8 Å². The zero-order valence-corrected chi connectivity index (χ0v) is 20.9. The highest BCUT2D eigenvalue weighted by molar-refractivity contribution is 6.31. The van der Waals surface area contributed by atoms with Gasteiger partial charge in [0.1, 0.15) is 12.2 Å². The first kappa shape index (κ1) is 24.3.